The predicted molar refractivity (Wildman–Crippen MR) is 163 cm³/mol. The number of hydrogen-bond donors (Lipinski definition) is 3. The topological polar surface area (TPSA) is 109 Å². The lowest BCUT2D eigenvalue weighted by Gasteiger charge is -2.22. The van der Waals surface area contributed by atoms with Gasteiger partial charge in [0.25, 0.3) is 5.92 Å². The van der Waals surface area contributed by atoms with Gasteiger partial charge in [-0.05, 0) is 74.6 Å². The minimum Gasteiger partial charge on any atom is -0.378 e. The number of amides is 1. The molecular weight excluding hydrogens is 657 g/mol. The fraction of sp³-hybridized carbons (Fsp3) is 0.294. The number of aromatic nitrogens is 5. The van der Waals surface area contributed by atoms with Gasteiger partial charge in [-0.2, -0.15) is 27.1 Å². The standard InChI is InChI=1S/C34H27F7N6O2/c1-32(2,49)8-5-23-3-4-24(20-14-19-7-10-42-31(19)43-16-20)28(44-23)26(13-18-11-21(35)15-22(36)12-18)45-27(48)17-47-30-25(6-9-33(30,37)38)29(46-47)34(39,40)41/h3-4,7,10-12,14-16,26,49H,6,9,13,17H2,1-2H3,(H,42,43)(H,45,48). The van der Waals surface area contributed by atoms with Crippen molar-refractivity contribution in [1.29, 1.82) is 0 Å². The lowest BCUT2D eigenvalue weighted by Crippen LogP contribution is -2.35. The molecule has 254 valence electrons. The number of alkyl halides is 5. The lowest BCUT2D eigenvalue weighted by molar-refractivity contribution is -0.142. The molecule has 3 N–H and O–H groups in total. The van der Waals surface area contributed by atoms with E-state index in [4.69, 9.17) is 0 Å². The van der Waals surface area contributed by atoms with Crippen LogP contribution in [0.4, 0.5) is 30.7 Å². The SMILES string of the molecule is CC(C)(O)C#Cc1ccc(-c2cnc3[nH]ccc3c2)c(C(Cc2cc(F)cc(F)c2)NC(=O)Cn2nc(C(F)(F)F)c3c2C(F)(F)CC3)n1. The zero-order valence-corrected chi connectivity index (χ0v) is 25.9. The molecular formula is C34H27F7N6O2. The Balaban J connectivity index is 1.45. The number of hydrogen-bond acceptors (Lipinski definition) is 5. The monoisotopic (exact) mass is 684 g/mol. The van der Waals surface area contributed by atoms with Crippen molar-refractivity contribution in [3.63, 3.8) is 0 Å². The van der Waals surface area contributed by atoms with Gasteiger partial charge in [0.2, 0.25) is 5.91 Å². The number of halogens is 7. The van der Waals surface area contributed by atoms with Crippen molar-refractivity contribution in [2.24, 2.45) is 0 Å². The zero-order chi connectivity index (χ0) is 35.3. The first-order chi connectivity index (χ1) is 23.0. The van der Waals surface area contributed by atoms with Gasteiger partial charge in [-0.15, -0.1) is 0 Å². The van der Waals surface area contributed by atoms with Crippen LogP contribution in [0.15, 0.2) is 54.9 Å². The molecule has 0 fully saturated rings. The molecule has 0 aliphatic heterocycles. The predicted octanol–water partition coefficient (Wildman–Crippen LogP) is 6.38. The maximum absolute atomic E-state index is 14.8. The molecule has 1 aliphatic rings. The Bertz CT molecular complexity index is 2120. The van der Waals surface area contributed by atoms with Crippen LogP contribution in [0.2, 0.25) is 0 Å². The molecule has 1 atom stereocenters. The summed E-state index contributed by atoms with van der Waals surface area (Å²) in [5.41, 5.74) is -2.74. The normalized spacial score (nSPS) is 14.7. The van der Waals surface area contributed by atoms with Crippen LogP contribution in [0.3, 0.4) is 0 Å². The Morgan fingerprint density at radius 1 is 1.12 bits per heavy atom. The number of aliphatic hydroxyl groups is 1. The van der Waals surface area contributed by atoms with Crippen molar-refractivity contribution in [3.05, 3.63) is 100 Å². The summed E-state index contributed by atoms with van der Waals surface area (Å²) >= 11 is 0. The largest absolute Gasteiger partial charge is 0.435 e. The van der Waals surface area contributed by atoms with Gasteiger partial charge in [-0.3, -0.25) is 9.48 Å². The van der Waals surface area contributed by atoms with E-state index in [1.165, 1.54) is 20.0 Å². The summed E-state index contributed by atoms with van der Waals surface area (Å²) in [5, 5.41) is 16.9. The van der Waals surface area contributed by atoms with Gasteiger partial charge in [0.15, 0.2) is 5.69 Å². The Hall–Kier alpha value is -5.23. The summed E-state index contributed by atoms with van der Waals surface area (Å²) in [4.78, 5) is 25.6. The highest BCUT2D eigenvalue weighted by atomic mass is 19.4. The van der Waals surface area contributed by atoms with E-state index in [2.05, 4.69) is 37.2 Å². The van der Waals surface area contributed by atoms with Gasteiger partial charge in [0.05, 0.1) is 11.7 Å². The van der Waals surface area contributed by atoms with E-state index < -0.39 is 77.6 Å². The molecule has 4 heterocycles. The molecule has 49 heavy (non-hydrogen) atoms. The fourth-order valence-corrected chi connectivity index (χ4v) is 5.80. The highest BCUT2D eigenvalue weighted by molar-refractivity contribution is 5.82. The van der Waals surface area contributed by atoms with Crippen molar-refractivity contribution < 1.29 is 40.6 Å². The van der Waals surface area contributed by atoms with Crippen molar-refractivity contribution in [3.8, 4) is 23.0 Å². The van der Waals surface area contributed by atoms with Gasteiger partial charge in [0, 0.05) is 47.0 Å². The summed E-state index contributed by atoms with van der Waals surface area (Å²) in [7, 11) is 0. The number of fused-ring (bicyclic) bond motifs is 2. The van der Waals surface area contributed by atoms with Gasteiger partial charge in [-0.25, -0.2) is 18.7 Å². The second-order valence-corrected chi connectivity index (χ2v) is 12.2. The van der Waals surface area contributed by atoms with Crippen LogP contribution in [0.1, 0.15) is 60.2 Å². The Kier molecular flexibility index (Phi) is 8.48. The molecule has 1 aromatic carbocycles. The van der Waals surface area contributed by atoms with E-state index in [-0.39, 0.29) is 23.4 Å². The maximum Gasteiger partial charge on any atom is 0.435 e. The third kappa shape index (κ3) is 7.29. The van der Waals surface area contributed by atoms with Crippen LogP contribution in [-0.2, 0) is 36.3 Å². The first kappa shape index (κ1) is 33.7. The lowest BCUT2D eigenvalue weighted by atomic mass is 9.95. The van der Waals surface area contributed by atoms with E-state index in [0.29, 0.717) is 27.5 Å². The van der Waals surface area contributed by atoms with Gasteiger partial charge < -0.3 is 15.4 Å². The molecule has 4 aromatic heterocycles. The van der Waals surface area contributed by atoms with Crippen molar-refractivity contribution >= 4 is 16.9 Å². The minimum absolute atomic E-state index is 0.0774. The molecule has 0 bridgehead atoms. The van der Waals surface area contributed by atoms with Gasteiger partial charge >= 0.3 is 6.18 Å². The fourth-order valence-electron chi connectivity index (χ4n) is 5.80. The number of carbonyl (C=O) groups is 1. The van der Waals surface area contributed by atoms with Crippen LogP contribution >= 0.6 is 0 Å². The summed E-state index contributed by atoms with van der Waals surface area (Å²) in [5.74, 6) is -1.12. The Morgan fingerprint density at radius 2 is 1.86 bits per heavy atom. The molecule has 5 aromatic rings. The second kappa shape index (κ2) is 12.3. The number of rotatable bonds is 7. The van der Waals surface area contributed by atoms with Crippen molar-refractivity contribution in [2.75, 3.05) is 0 Å². The summed E-state index contributed by atoms with van der Waals surface area (Å²) < 4.78 is 99.7. The van der Waals surface area contributed by atoms with Crippen LogP contribution in [0.25, 0.3) is 22.2 Å². The van der Waals surface area contributed by atoms with Gasteiger partial charge in [-0.1, -0.05) is 5.92 Å². The van der Waals surface area contributed by atoms with E-state index in [1.54, 1.807) is 30.5 Å². The summed E-state index contributed by atoms with van der Waals surface area (Å²) in [6, 6.07) is 8.19. The number of nitrogens with zero attached hydrogens (tertiary/aromatic N) is 4. The highest BCUT2D eigenvalue weighted by Gasteiger charge is 2.50. The molecule has 0 saturated heterocycles. The number of aromatic amines is 1. The molecule has 0 radical (unpaired) electrons. The molecule has 15 heteroatoms. The molecule has 0 spiro atoms. The van der Waals surface area contributed by atoms with Crippen molar-refractivity contribution in [2.45, 2.75) is 63.4 Å². The number of carbonyl (C=O) groups excluding carboxylic acids is 1. The van der Waals surface area contributed by atoms with Crippen LogP contribution in [-0.4, -0.2) is 41.3 Å². The summed E-state index contributed by atoms with van der Waals surface area (Å²) in [6.07, 6.45) is -3.56. The third-order valence-electron chi connectivity index (χ3n) is 7.81. The first-order valence-electron chi connectivity index (χ1n) is 15.0. The number of H-pyrrole nitrogens is 1. The quantitative estimate of drug-likeness (QED) is 0.136. The number of pyridine rings is 2. The van der Waals surface area contributed by atoms with Crippen LogP contribution < -0.4 is 5.32 Å². The van der Waals surface area contributed by atoms with E-state index >= 15 is 0 Å². The smallest absolute Gasteiger partial charge is 0.378 e. The highest BCUT2D eigenvalue weighted by Crippen LogP contribution is 2.46. The number of benzene rings is 1. The summed E-state index contributed by atoms with van der Waals surface area (Å²) in [6.45, 7) is 1.88. The minimum atomic E-state index is -5.03. The zero-order valence-electron chi connectivity index (χ0n) is 25.9. The molecule has 6 rings (SSSR count). The number of nitrogens with one attached hydrogen (secondary N) is 2. The van der Waals surface area contributed by atoms with E-state index in [9.17, 15) is 40.6 Å². The van der Waals surface area contributed by atoms with Crippen LogP contribution in [0, 0.1) is 23.5 Å². The molecule has 1 unspecified atom stereocenters. The molecule has 1 aliphatic carbocycles. The second-order valence-electron chi connectivity index (χ2n) is 12.2. The average molecular weight is 685 g/mol. The van der Waals surface area contributed by atoms with Gasteiger partial charge in [0.1, 0.15) is 40.8 Å². The third-order valence-corrected chi connectivity index (χ3v) is 7.81. The first-order valence-corrected chi connectivity index (χ1v) is 15.0. The maximum atomic E-state index is 14.8. The Labute approximate surface area is 274 Å². The average Bonchev–Trinajstić information content (AvgIpc) is 3.70. The van der Waals surface area contributed by atoms with Crippen LogP contribution in [0.5, 0.6) is 0 Å². The molecule has 1 amide bonds. The van der Waals surface area contributed by atoms with E-state index in [0.717, 1.165) is 17.5 Å². The van der Waals surface area contributed by atoms with Crippen molar-refractivity contribution in [1.82, 2.24) is 30.0 Å². The molecule has 0 saturated carbocycles. The Morgan fingerprint density at radius 3 is 2.55 bits per heavy atom. The van der Waals surface area contributed by atoms with E-state index in [1.807, 2.05) is 0 Å². The molecule has 8 nitrogen and oxygen atoms in total.